The molecular weight excluding hydrogens is 252 g/mol. The normalized spacial score (nSPS) is 24.9. The molecule has 0 unspecified atom stereocenters. The second kappa shape index (κ2) is 5.94. The molecule has 3 rings (SSSR count). The number of hydrogen-bond acceptors (Lipinski definition) is 3. The lowest BCUT2D eigenvalue weighted by molar-refractivity contribution is -0.118. The Balaban J connectivity index is 1.56. The van der Waals surface area contributed by atoms with E-state index < -0.39 is 0 Å². The molecule has 1 fully saturated rings. The van der Waals surface area contributed by atoms with Crippen molar-refractivity contribution in [3.05, 3.63) is 29.8 Å². The molecule has 2 heterocycles. The third-order valence-electron chi connectivity index (χ3n) is 4.15. The van der Waals surface area contributed by atoms with Crippen molar-refractivity contribution in [2.75, 3.05) is 24.6 Å². The van der Waals surface area contributed by atoms with Gasteiger partial charge in [-0.3, -0.25) is 4.79 Å². The number of para-hydroxylation sites is 1. The van der Waals surface area contributed by atoms with Gasteiger partial charge in [-0.15, -0.1) is 0 Å². The van der Waals surface area contributed by atoms with Gasteiger partial charge in [0.25, 0.3) is 0 Å². The molecule has 0 aromatic heterocycles. The molecule has 4 heteroatoms. The van der Waals surface area contributed by atoms with Crippen LogP contribution in [0.5, 0.6) is 0 Å². The first kappa shape index (κ1) is 13.6. The smallest absolute Gasteiger partial charge is 0.241 e. The predicted octanol–water partition coefficient (Wildman–Crippen LogP) is 1.73. The molecule has 1 aromatic carbocycles. The van der Waals surface area contributed by atoms with E-state index in [0.717, 1.165) is 38.1 Å². The van der Waals surface area contributed by atoms with Gasteiger partial charge in [0.15, 0.2) is 0 Å². The minimum Gasteiger partial charge on any atom is -0.377 e. The van der Waals surface area contributed by atoms with Gasteiger partial charge in [-0.25, -0.2) is 0 Å². The molecule has 1 N–H and O–H groups in total. The van der Waals surface area contributed by atoms with E-state index in [2.05, 4.69) is 18.3 Å². The number of anilines is 1. The van der Waals surface area contributed by atoms with Crippen LogP contribution in [0, 0.1) is 0 Å². The van der Waals surface area contributed by atoms with Crippen molar-refractivity contribution in [2.24, 2.45) is 0 Å². The van der Waals surface area contributed by atoms with Crippen LogP contribution in [-0.4, -0.2) is 37.7 Å². The minimum atomic E-state index is 0.153. The highest BCUT2D eigenvalue weighted by atomic mass is 16.5. The molecule has 0 bridgehead atoms. The van der Waals surface area contributed by atoms with Crippen LogP contribution in [0.25, 0.3) is 0 Å². The summed E-state index contributed by atoms with van der Waals surface area (Å²) in [5.41, 5.74) is 2.34. The molecule has 1 amide bonds. The van der Waals surface area contributed by atoms with Gasteiger partial charge in [0.05, 0.1) is 12.6 Å². The molecule has 2 aliphatic rings. The monoisotopic (exact) mass is 274 g/mol. The maximum absolute atomic E-state index is 12.4. The van der Waals surface area contributed by atoms with E-state index in [1.54, 1.807) is 0 Å². The molecule has 2 aliphatic heterocycles. The zero-order valence-electron chi connectivity index (χ0n) is 12.0. The fraction of sp³-hybridized carbons (Fsp3) is 0.562. The number of hydrogen-bond donors (Lipinski definition) is 1. The van der Waals surface area contributed by atoms with E-state index in [0.29, 0.717) is 6.54 Å². The third kappa shape index (κ3) is 2.72. The molecule has 1 aromatic rings. The van der Waals surface area contributed by atoms with E-state index in [4.69, 9.17) is 4.74 Å². The summed E-state index contributed by atoms with van der Waals surface area (Å²) in [5.74, 6) is 0.153. The van der Waals surface area contributed by atoms with E-state index in [9.17, 15) is 4.79 Å². The highest BCUT2D eigenvalue weighted by Crippen LogP contribution is 2.31. The maximum Gasteiger partial charge on any atom is 0.241 e. The van der Waals surface area contributed by atoms with E-state index in [1.807, 2.05) is 23.1 Å². The van der Waals surface area contributed by atoms with Gasteiger partial charge in [0.2, 0.25) is 5.91 Å². The van der Waals surface area contributed by atoms with Gasteiger partial charge < -0.3 is 15.0 Å². The first-order valence-electron chi connectivity index (χ1n) is 7.48. The lowest BCUT2D eigenvalue weighted by Gasteiger charge is -2.23. The number of fused-ring (bicyclic) bond motifs is 1. The van der Waals surface area contributed by atoms with E-state index in [-0.39, 0.29) is 18.1 Å². The lowest BCUT2D eigenvalue weighted by atomic mass is 10.1. The van der Waals surface area contributed by atoms with Crippen molar-refractivity contribution in [3.63, 3.8) is 0 Å². The summed E-state index contributed by atoms with van der Waals surface area (Å²) >= 11 is 0. The Kier molecular flexibility index (Phi) is 4.03. The van der Waals surface area contributed by atoms with Crippen molar-refractivity contribution in [3.8, 4) is 0 Å². The number of carbonyl (C=O) groups is 1. The van der Waals surface area contributed by atoms with Crippen molar-refractivity contribution in [1.82, 2.24) is 5.32 Å². The molecular formula is C16H22N2O2. The zero-order valence-corrected chi connectivity index (χ0v) is 12.0. The van der Waals surface area contributed by atoms with Gasteiger partial charge in [-0.1, -0.05) is 18.2 Å². The molecule has 108 valence electrons. The van der Waals surface area contributed by atoms with Crippen LogP contribution in [-0.2, 0) is 16.0 Å². The molecule has 0 aliphatic carbocycles. The summed E-state index contributed by atoms with van der Waals surface area (Å²) < 4.78 is 5.55. The summed E-state index contributed by atoms with van der Waals surface area (Å²) in [7, 11) is 0. The Bertz CT molecular complexity index is 483. The topological polar surface area (TPSA) is 41.6 Å². The maximum atomic E-state index is 12.4. The van der Waals surface area contributed by atoms with E-state index in [1.165, 1.54) is 5.56 Å². The summed E-state index contributed by atoms with van der Waals surface area (Å²) in [5, 5.41) is 3.24. The first-order valence-corrected chi connectivity index (χ1v) is 7.48. The SMILES string of the molecule is C[C@H]1Cc2ccccc2N1C(=O)CNC[C@H]1CCCO1. The Morgan fingerprint density at radius 1 is 1.45 bits per heavy atom. The van der Waals surface area contributed by atoms with Crippen LogP contribution >= 0.6 is 0 Å². The average molecular weight is 274 g/mol. The second-order valence-corrected chi connectivity index (χ2v) is 5.71. The van der Waals surface area contributed by atoms with Crippen molar-refractivity contribution in [2.45, 2.75) is 38.3 Å². The zero-order chi connectivity index (χ0) is 13.9. The predicted molar refractivity (Wildman–Crippen MR) is 78.9 cm³/mol. The van der Waals surface area contributed by atoms with Crippen LogP contribution < -0.4 is 10.2 Å². The van der Waals surface area contributed by atoms with Crippen LogP contribution in [0.3, 0.4) is 0 Å². The van der Waals surface area contributed by atoms with Gasteiger partial charge >= 0.3 is 0 Å². The van der Waals surface area contributed by atoms with Crippen molar-refractivity contribution in [1.29, 1.82) is 0 Å². The lowest BCUT2D eigenvalue weighted by Crippen LogP contribution is -2.43. The van der Waals surface area contributed by atoms with Crippen LogP contribution in [0.15, 0.2) is 24.3 Å². The molecule has 2 atom stereocenters. The van der Waals surface area contributed by atoms with Gasteiger partial charge in [0.1, 0.15) is 0 Å². The molecule has 20 heavy (non-hydrogen) atoms. The summed E-state index contributed by atoms with van der Waals surface area (Å²) in [6.07, 6.45) is 3.47. The standard InChI is InChI=1S/C16H22N2O2/c1-12-9-13-5-2-3-7-15(13)18(12)16(19)11-17-10-14-6-4-8-20-14/h2-3,5,7,12,14,17H,4,6,8-11H2,1H3/t12-,14+/m0/s1. The van der Waals surface area contributed by atoms with Crippen LogP contribution in [0.4, 0.5) is 5.69 Å². The van der Waals surface area contributed by atoms with Crippen LogP contribution in [0.1, 0.15) is 25.3 Å². The van der Waals surface area contributed by atoms with Crippen molar-refractivity contribution < 1.29 is 9.53 Å². The largest absolute Gasteiger partial charge is 0.377 e. The highest BCUT2D eigenvalue weighted by molar-refractivity contribution is 5.97. The number of nitrogens with one attached hydrogen (secondary N) is 1. The summed E-state index contributed by atoms with van der Waals surface area (Å²) in [6, 6.07) is 8.44. The van der Waals surface area contributed by atoms with Crippen LogP contribution in [0.2, 0.25) is 0 Å². The molecule has 1 saturated heterocycles. The second-order valence-electron chi connectivity index (χ2n) is 5.71. The molecule has 0 spiro atoms. The molecule has 0 radical (unpaired) electrons. The van der Waals surface area contributed by atoms with Gasteiger partial charge in [-0.05, 0) is 37.8 Å². The van der Waals surface area contributed by atoms with E-state index >= 15 is 0 Å². The number of benzene rings is 1. The molecule has 4 nitrogen and oxygen atoms in total. The molecule has 0 saturated carbocycles. The quantitative estimate of drug-likeness (QED) is 0.909. The number of ether oxygens (including phenoxy) is 1. The third-order valence-corrected chi connectivity index (χ3v) is 4.15. The number of carbonyl (C=O) groups excluding carboxylic acids is 1. The highest BCUT2D eigenvalue weighted by Gasteiger charge is 2.30. The first-order chi connectivity index (χ1) is 9.75. The Morgan fingerprint density at radius 3 is 3.10 bits per heavy atom. The Hall–Kier alpha value is -1.39. The Labute approximate surface area is 120 Å². The average Bonchev–Trinajstić information content (AvgIpc) is 3.04. The minimum absolute atomic E-state index is 0.153. The Morgan fingerprint density at radius 2 is 2.30 bits per heavy atom. The summed E-state index contributed by atoms with van der Waals surface area (Å²) in [4.78, 5) is 14.3. The number of amides is 1. The fourth-order valence-corrected chi connectivity index (χ4v) is 3.18. The number of rotatable bonds is 4. The number of nitrogens with zero attached hydrogens (tertiary/aromatic N) is 1. The van der Waals surface area contributed by atoms with Gasteiger partial charge in [-0.2, -0.15) is 0 Å². The fourth-order valence-electron chi connectivity index (χ4n) is 3.18. The summed E-state index contributed by atoms with van der Waals surface area (Å²) in [6.45, 7) is 4.13. The van der Waals surface area contributed by atoms with Crippen molar-refractivity contribution >= 4 is 11.6 Å². The van der Waals surface area contributed by atoms with Gasteiger partial charge in [0, 0.05) is 24.9 Å².